The summed E-state index contributed by atoms with van der Waals surface area (Å²) in [5, 5.41) is 9.54. The molecule has 6 nitrogen and oxygen atoms in total. The fraction of sp³-hybridized carbons (Fsp3) is 0.667. The molecule has 1 saturated heterocycles. The molecular formula is C15H23N3O3. The standard InChI is InChI=1S/C15H23N3O3/c1-4-5-15(14(20)21)6-8-17(10-15)12-13(19)18(11(2)3)9-7-16-12/h7,9,11H,4-6,8,10H2,1-3H3,(H,20,21). The van der Waals surface area contributed by atoms with Gasteiger partial charge in [-0.15, -0.1) is 0 Å². The summed E-state index contributed by atoms with van der Waals surface area (Å²) in [6.45, 7) is 6.79. The van der Waals surface area contributed by atoms with Gasteiger partial charge in [0.25, 0.3) is 5.56 Å². The Morgan fingerprint density at radius 3 is 2.81 bits per heavy atom. The second-order valence-electron chi connectivity index (χ2n) is 6.06. The molecule has 0 saturated carbocycles. The monoisotopic (exact) mass is 293 g/mol. The van der Waals surface area contributed by atoms with Crippen molar-refractivity contribution >= 4 is 11.8 Å². The van der Waals surface area contributed by atoms with E-state index in [9.17, 15) is 14.7 Å². The third-order valence-electron chi connectivity index (χ3n) is 4.24. The normalized spacial score (nSPS) is 22.0. The number of aromatic nitrogens is 2. The van der Waals surface area contributed by atoms with E-state index in [1.165, 1.54) is 0 Å². The van der Waals surface area contributed by atoms with Crippen molar-refractivity contribution in [1.82, 2.24) is 9.55 Å². The number of carboxylic acids is 1. The van der Waals surface area contributed by atoms with Gasteiger partial charge in [-0.25, -0.2) is 4.98 Å². The van der Waals surface area contributed by atoms with Gasteiger partial charge in [0.15, 0.2) is 5.82 Å². The van der Waals surface area contributed by atoms with Gasteiger partial charge in [0.05, 0.1) is 5.41 Å². The van der Waals surface area contributed by atoms with E-state index in [2.05, 4.69) is 4.98 Å². The minimum atomic E-state index is -0.771. The maximum Gasteiger partial charge on any atom is 0.311 e. The number of hydrogen-bond acceptors (Lipinski definition) is 4. The summed E-state index contributed by atoms with van der Waals surface area (Å²) in [6.07, 6.45) is 5.29. The van der Waals surface area contributed by atoms with Crippen molar-refractivity contribution < 1.29 is 9.90 Å². The van der Waals surface area contributed by atoms with Crippen molar-refractivity contribution in [3.05, 3.63) is 22.7 Å². The van der Waals surface area contributed by atoms with Crippen LogP contribution in [0.15, 0.2) is 17.2 Å². The van der Waals surface area contributed by atoms with Gasteiger partial charge in [0.2, 0.25) is 0 Å². The van der Waals surface area contributed by atoms with Crippen LogP contribution >= 0.6 is 0 Å². The van der Waals surface area contributed by atoms with Crippen molar-refractivity contribution in [2.45, 2.75) is 46.1 Å². The summed E-state index contributed by atoms with van der Waals surface area (Å²) in [5.41, 5.74) is -0.897. The number of aliphatic carboxylic acids is 1. The molecule has 0 aliphatic carbocycles. The van der Waals surface area contributed by atoms with Gasteiger partial charge in [0.1, 0.15) is 0 Å². The van der Waals surface area contributed by atoms with E-state index in [4.69, 9.17) is 0 Å². The maximum absolute atomic E-state index is 12.4. The van der Waals surface area contributed by atoms with E-state index in [0.717, 1.165) is 6.42 Å². The molecule has 1 N–H and O–H groups in total. The van der Waals surface area contributed by atoms with E-state index in [-0.39, 0.29) is 11.6 Å². The molecular weight excluding hydrogens is 270 g/mol. The lowest BCUT2D eigenvalue weighted by Gasteiger charge is -2.24. The highest BCUT2D eigenvalue weighted by Gasteiger charge is 2.44. The van der Waals surface area contributed by atoms with Crippen LogP contribution in [-0.4, -0.2) is 33.7 Å². The minimum absolute atomic E-state index is 0.0572. The SMILES string of the molecule is CCCC1(C(=O)O)CCN(c2nccn(C(C)C)c2=O)C1. The van der Waals surface area contributed by atoms with Crippen LogP contribution in [0, 0.1) is 5.41 Å². The zero-order valence-electron chi connectivity index (χ0n) is 12.9. The average Bonchev–Trinajstić information content (AvgIpc) is 2.84. The molecule has 0 aromatic carbocycles. The highest BCUT2D eigenvalue weighted by molar-refractivity contribution is 5.76. The second kappa shape index (κ2) is 5.87. The van der Waals surface area contributed by atoms with Crippen LogP contribution in [0.1, 0.15) is 46.1 Å². The van der Waals surface area contributed by atoms with Crippen LogP contribution in [-0.2, 0) is 4.79 Å². The topological polar surface area (TPSA) is 75.4 Å². The summed E-state index contributed by atoms with van der Waals surface area (Å²) in [6, 6.07) is 0.0572. The maximum atomic E-state index is 12.4. The van der Waals surface area contributed by atoms with E-state index in [1.807, 2.05) is 25.7 Å². The predicted octanol–water partition coefficient (Wildman–Crippen LogP) is 1.91. The summed E-state index contributed by atoms with van der Waals surface area (Å²) in [7, 11) is 0. The highest BCUT2D eigenvalue weighted by Crippen LogP contribution is 2.36. The van der Waals surface area contributed by atoms with Gasteiger partial charge >= 0.3 is 5.97 Å². The van der Waals surface area contributed by atoms with E-state index in [0.29, 0.717) is 31.7 Å². The van der Waals surface area contributed by atoms with E-state index in [1.54, 1.807) is 17.0 Å². The third kappa shape index (κ3) is 2.80. The molecule has 1 atom stereocenters. The van der Waals surface area contributed by atoms with Crippen LogP contribution in [0.2, 0.25) is 0 Å². The average molecular weight is 293 g/mol. The number of anilines is 1. The van der Waals surface area contributed by atoms with Crippen LogP contribution in [0.5, 0.6) is 0 Å². The van der Waals surface area contributed by atoms with Crippen molar-refractivity contribution in [2.75, 3.05) is 18.0 Å². The molecule has 1 aromatic rings. The zero-order chi connectivity index (χ0) is 15.6. The first-order chi connectivity index (χ1) is 9.91. The van der Waals surface area contributed by atoms with Gasteiger partial charge in [0, 0.05) is 31.5 Å². The van der Waals surface area contributed by atoms with Crippen LogP contribution in [0.25, 0.3) is 0 Å². The lowest BCUT2D eigenvalue weighted by Crippen LogP contribution is -2.37. The Hall–Kier alpha value is -1.85. The van der Waals surface area contributed by atoms with Crippen molar-refractivity contribution in [3.8, 4) is 0 Å². The summed E-state index contributed by atoms with van der Waals surface area (Å²) in [4.78, 5) is 30.1. The summed E-state index contributed by atoms with van der Waals surface area (Å²) < 4.78 is 1.63. The molecule has 1 aromatic heterocycles. The molecule has 1 aliphatic heterocycles. The number of hydrogen-bond donors (Lipinski definition) is 1. The fourth-order valence-corrected chi connectivity index (χ4v) is 3.06. The Morgan fingerprint density at radius 1 is 1.52 bits per heavy atom. The predicted molar refractivity (Wildman–Crippen MR) is 80.7 cm³/mol. The largest absolute Gasteiger partial charge is 0.481 e. The molecule has 21 heavy (non-hydrogen) atoms. The van der Waals surface area contributed by atoms with Crippen molar-refractivity contribution in [3.63, 3.8) is 0 Å². The lowest BCUT2D eigenvalue weighted by atomic mass is 9.83. The summed E-state index contributed by atoms with van der Waals surface area (Å²) in [5.74, 6) is -0.405. The Morgan fingerprint density at radius 2 is 2.24 bits per heavy atom. The molecule has 2 rings (SSSR count). The summed E-state index contributed by atoms with van der Waals surface area (Å²) >= 11 is 0. The lowest BCUT2D eigenvalue weighted by molar-refractivity contribution is -0.148. The first-order valence-electron chi connectivity index (χ1n) is 7.47. The van der Waals surface area contributed by atoms with Crippen molar-refractivity contribution in [2.24, 2.45) is 5.41 Å². The molecule has 1 aliphatic rings. The highest BCUT2D eigenvalue weighted by atomic mass is 16.4. The minimum Gasteiger partial charge on any atom is -0.481 e. The van der Waals surface area contributed by atoms with Gasteiger partial charge in [-0.2, -0.15) is 0 Å². The molecule has 0 amide bonds. The second-order valence-corrected chi connectivity index (χ2v) is 6.06. The number of rotatable bonds is 5. The molecule has 116 valence electrons. The Labute approximate surface area is 124 Å². The number of nitrogens with zero attached hydrogens (tertiary/aromatic N) is 3. The third-order valence-corrected chi connectivity index (χ3v) is 4.24. The molecule has 1 fully saturated rings. The van der Waals surface area contributed by atoms with Crippen LogP contribution in [0.4, 0.5) is 5.82 Å². The molecule has 0 bridgehead atoms. The van der Waals surface area contributed by atoms with Crippen LogP contribution < -0.4 is 10.5 Å². The molecule has 0 spiro atoms. The first kappa shape index (κ1) is 15.5. The molecule has 0 radical (unpaired) electrons. The Bertz CT molecular complexity index is 582. The first-order valence-corrected chi connectivity index (χ1v) is 7.47. The number of carboxylic acid groups (broad SMARTS) is 1. The van der Waals surface area contributed by atoms with E-state index >= 15 is 0 Å². The van der Waals surface area contributed by atoms with Crippen LogP contribution in [0.3, 0.4) is 0 Å². The zero-order valence-corrected chi connectivity index (χ0v) is 12.9. The molecule has 1 unspecified atom stereocenters. The Kier molecular flexibility index (Phi) is 4.34. The van der Waals surface area contributed by atoms with Gasteiger partial charge in [-0.3, -0.25) is 9.59 Å². The molecule has 6 heteroatoms. The number of carbonyl (C=O) groups is 1. The molecule has 2 heterocycles. The van der Waals surface area contributed by atoms with E-state index < -0.39 is 11.4 Å². The quantitative estimate of drug-likeness (QED) is 0.897. The fourth-order valence-electron chi connectivity index (χ4n) is 3.06. The Balaban J connectivity index is 2.32. The van der Waals surface area contributed by atoms with Gasteiger partial charge in [-0.1, -0.05) is 13.3 Å². The van der Waals surface area contributed by atoms with Gasteiger partial charge in [-0.05, 0) is 26.7 Å². The van der Waals surface area contributed by atoms with Crippen molar-refractivity contribution in [1.29, 1.82) is 0 Å². The van der Waals surface area contributed by atoms with Gasteiger partial charge < -0.3 is 14.6 Å². The smallest absolute Gasteiger partial charge is 0.311 e.